The van der Waals surface area contributed by atoms with E-state index < -0.39 is 6.10 Å². The van der Waals surface area contributed by atoms with E-state index in [0.29, 0.717) is 19.3 Å². The lowest BCUT2D eigenvalue weighted by Gasteiger charge is -2.18. The summed E-state index contributed by atoms with van der Waals surface area (Å²) in [5, 5.41) is 0. The summed E-state index contributed by atoms with van der Waals surface area (Å²) >= 11 is 0. The molecular formula is C61H104O6. The van der Waals surface area contributed by atoms with Crippen LogP contribution in [-0.2, 0) is 28.6 Å². The molecule has 0 aliphatic rings. The predicted octanol–water partition coefficient (Wildman–Crippen LogP) is 18.8. The zero-order chi connectivity index (χ0) is 48.6. The Bertz CT molecular complexity index is 1300. The number of unbranched alkanes of at least 4 members (excludes halogenated alkanes) is 25. The number of carbonyl (C=O) groups is 3. The van der Waals surface area contributed by atoms with Crippen molar-refractivity contribution in [3.05, 3.63) is 85.1 Å². The lowest BCUT2D eigenvalue weighted by molar-refractivity contribution is -0.166. The Labute approximate surface area is 414 Å². The van der Waals surface area contributed by atoms with Gasteiger partial charge in [-0.1, -0.05) is 221 Å². The zero-order valence-corrected chi connectivity index (χ0v) is 43.9. The molecule has 67 heavy (non-hydrogen) atoms. The second kappa shape index (κ2) is 55.2. The molecule has 0 bridgehead atoms. The molecule has 6 nitrogen and oxygen atoms in total. The quantitative estimate of drug-likeness (QED) is 0.0262. The van der Waals surface area contributed by atoms with Crippen LogP contribution in [0.4, 0.5) is 0 Å². The normalized spacial score (nSPS) is 12.7. The van der Waals surface area contributed by atoms with Gasteiger partial charge in [0.1, 0.15) is 13.2 Å². The smallest absolute Gasteiger partial charge is 0.306 e. The van der Waals surface area contributed by atoms with Crippen LogP contribution in [0.5, 0.6) is 0 Å². The molecule has 0 heterocycles. The molecule has 0 saturated carbocycles. The van der Waals surface area contributed by atoms with E-state index in [1.165, 1.54) is 128 Å². The number of hydrogen-bond acceptors (Lipinski definition) is 6. The van der Waals surface area contributed by atoms with E-state index in [-0.39, 0.29) is 37.5 Å². The van der Waals surface area contributed by atoms with Crippen LogP contribution in [0.3, 0.4) is 0 Å². The van der Waals surface area contributed by atoms with E-state index in [2.05, 4.69) is 99.8 Å². The van der Waals surface area contributed by atoms with Gasteiger partial charge in [0.25, 0.3) is 0 Å². The molecule has 0 aromatic heterocycles. The van der Waals surface area contributed by atoms with Gasteiger partial charge in [0.2, 0.25) is 0 Å². The number of allylic oxidation sites excluding steroid dienone is 14. The van der Waals surface area contributed by atoms with Crippen LogP contribution in [0.25, 0.3) is 0 Å². The van der Waals surface area contributed by atoms with Gasteiger partial charge in [-0.05, 0) is 109 Å². The third kappa shape index (κ3) is 53.4. The Balaban J connectivity index is 4.51. The van der Waals surface area contributed by atoms with Crippen molar-refractivity contribution >= 4 is 17.9 Å². The van der Waals surface area contributed by atoms with Gasteiger partial charge < -0.3 is 14.2 Å². The molecule has 0 aromatic rings. The fraction of sp³-hybridized carbons (Fsp3) is 0.721. The average molecular weight is 933 g/mol. The van der Waals surface area contributed by atoms with Crippen molar-refractivity contribution in [2.75, 3.05) is 13.2 Å². The molecule has 0 aromatic carbocycles. The number of rotatable bonds is 50. The van der Waals surface area contributed by atoms with Crippen molar-refractivity contribution in [1.82, 2.24) is 0 Å². The van der Waals surface area contributed by atoms with Crippen LogP contribution >= 0.6 is 0 Å². The molecular weight excluding hydrogens is 829 g/mol. The third-order valence-corrected chi connectivity index (χ3v) is 11.9. The highest BCUT2D eigenvalue weighted by atomic mass is 16.6. The van der Waals surface area contributed by atoms with E-state index in [1.807, 2.05) is 6.08 Å². The third-order valence-electron chi connectivity index (χ3n) is 11.9. The lowest BCUT2D eigenvalue weighted by atomic mass is 10.1. The molecule has 1 atom stereocenters. The molecule has 0 radical (unpaired) electrons. The fourth-order valence-corrected chi connectivity index (χ4v) is 7.59. The first-order valence-electron chi connectivity index (χ1n) is 28.1. The minimum Gasteiger partial charge on any atom is -0.462 e. The summed E-state index contributed by atoms with van der Waals surface area (Å²) in [6.07, 6.45) is 71.5. The van der Waals surface area contributed by atoms with Crippen molar-refractivity contribution in [2.24, 2.45) is 0 Å². The standard InChI is InChI=1S/C61H104O6/c1-4-7-10-13-16-19-22-25-28-29-30-31-34-36-39-42-45-48-51-54-60(63)66-57-58(67-61(64)55-52-49-46-43-40-37-33-27-24-21-18-15-12-9-6-3)56-65-59(62)53-50-47-44-41-38-35-32-26-23-20-17-14-11-8-5-2/h16,19,25-28,30-33,36,39,45,48,58H,4-15,17-18,20-24,29,34-35,37-38,40-44,46-47,49-57H2,1-3H3. The first-order valence-corrected chi connectivity index (χ1v) is 28.1. The van der Waals surface area contributed by atoms with Gasteiger partial charge in [0, 0.05) is 19.3 Å². The van der Waals surface area contributed by atoms with E-state index in [4.69, 9.17) is 14.2 Å². The molecule has 0 aliphatic heterocycles. The largest absolute Gasteiger partial charge is 0.462 e. The van der Waals surface area contributed by atoms with Crippen molar-refractivity contribution in [2.45, 2.75) is 271 Å². The Morgan fingerprint density at radius 1 is 0.299 bits per heavy atom. The van der Waals surface area contributed by atoms with E-state index in [9.17, 15) is 14.4 Å². The summed E-state index contributed by atoms with van der Waals surface area (Å²) in [6.45, 7) is 6.53. The fourth-order valence-electron chi connectivity index (χ4n) is 7.59. The SMILES string of the molecule is CCCCCC=CCC=CCC=CCC=CCC=CCCC(=O)OCC(COC(=O)CCCCCCCC=CCCCCCCCC)OC(=O)CCCCCCCC=CCCCCCCCC. The molecule has 384 valence electrons. The monoisotopic (exact) mass is 933 g/mol. The molecule has 0 aliphatic carbocycles. The highest BCUT2D eigenvalue weighted by Crippen LogP contribution is 2.14. The molecule has 1 unspecified atom stereocenters. The summed E-state index contributed by atoms with van der Waals surface area (Å²) in [6, 6.07) is 0. The maximum Gasteiger partial charge on any atom is 0.306 e. The van der Waals surface area contributed by atoms with Crippen LogP contribution < -0.4 is 0 Å². The van der Waals surface area contributed by atoms with Gasteiger partial charge >= 0.3 is 17.9 Å². The summed E-state index contributed by atoms with van der Waals surface area (Å²) < 4.78 is 16.8. The molecule has 0 amide bonds. The van der Waals surface area contributed by atoms with Crippen molar-refractivity contribution in [3.8, 4) is 0 Å². The molecule has 0 spiro atoms. The van der Waals surface area contributed by atoms with Gasteiger partial charge in [-0.25, -0.2) is 0 Å². The Hall–Kier alpha value is -3.41. The van der Waals surface area contributed by atoms with Gasteiger partial charge in [0.05, 0.1) is 0 Å². The molecule has 0 N–H and O–H groups in total. The predicted molar refractivity (Wildman–Crippen MR) is 288 cm³/mol. The number of hydrogen-bond donors (Lipinski definition) is 0. The van der Waals surface area contributed by atoms with E-state index in [0.717, 1.165) is 89.9 Å². The number of esters is 3. The van der Waals surface area contributed by atoms with Crippen molar-refractivity contribution in [3.63, 3.8) is 0 Å². The number of ether oxygens (including phenoxy) is 3. The minimum absolute atomic E-state index is 0.107. The van der Waals surface area contributed by atoms with Gasteiger partial charge in [-0.3, -0.25) is 14.4 Å². The molecule has 0 rings (SSSR count). The summed E-state index contributed by atoms with van der Waals surface area (Å²) in [5.74, 6) is -1.01. The molecule has 0 saturated heterocycles. The maximum atomic E-state index is 12.8. The summed E-state index contributed by atoms with van der Waals surface area (Å²) in [5.41, 5.74) is 0. The highest BCUT2D eigenvalue weighted by Gasteiger charge is 2.19. The van der Waals surface area contributed by atoms with Crippen LogP contribution in [0.1, 0.15) is 265 Å². The van der Waals surface area contributed by atoms with Gasteiger partial charge in [0.15, 0.2) is 6.10 Å². The minimum atomic E-state index is -0.814. The number of carbonyl (C=O) groups excluding carboxylic acids is 3. The Morgan fingerprint density at radius 2 is 0.567 bits per heavy atom. The lowest BCUT2D eigenvalue weighted by Crippen LogP contribution is -2.30. The van der Waals surface area contributed by atoms with Crippen LogP contribution in [0.2, 0.25) is 0 Å². The Kier molecular flexibility index (Phi) is 52.4. The van der Waals surface area contributed by atoms with Crippen LogP contribution in [0, 0.1) is 0 Å². The first kappa shape index (κ1) is 63.6. The van der Waals surface area contributed by atoms with Crippen molar-refractivity contribution in [1.29, 1.82) is 0 Å². The average Bonchev–Trinajstić information content (AvgIpc) is 3.33. The summed E-state index contributed by atoms with van der Waals surface area (Å²) in [4.78, 5) is 38.1. The van der Waals surface area contributed by atoms with E-state index in [1.54, 1.807) is 0 Å². The first-order chi connectivity index (χ1) is 33.0. The topological polar surface area (TPSA) is 78.9 Å². The Morgan fingerprint density at radius 3 is 0.970 bits per heavy atom. The highest BCUT2D eigenvalue weighted by molar-refractivity contribution is 5.71. The van der Waals surface area contributed by atoms with Crippen LogP contribution in [-0.4, -0.2) is 37.2 Å². The summed E-state index contributed by atoms with van der Waals surface area (Å²) in [7, 11) is 0. The van der Waals surface area contributed by atoms with Gasteiger partial charge in [-0.15, -0.1) is 0 Å². The zero-order valence-electron chi connectivity index (χ0n) is 43.9. The second-order valence-corrected chi connectivity index (χ2v) is 18.5. The van der Waals surface area contributed by atoms with Crippen LogP contribution in [0.15, 0.2) is 85.1 Å². The second-order valence-electron chi connectivity index (χ2n) is 18.5. The maximum absolute atomic E-state index is 12.8. The van der Waals surface area contributed by atoms with Crippen molar-refractivity contribution < 1.29 is 28.6 Å². The van der Waals surface area contributed by atoms with E-state index >= 15 is 0 Å². The molecule has 0 fully saturated rings. The van der Waals surface area contributed by atoms with Gasteiger partial charge in [-0.2, -0.15) is 0 Å². The molecule has 6 heteroatoms.